The van der Waals surface area contributed by atoms with Crippen molar-refractivity contribution >= 4 is 11.9 Å². The highest BCUT2D eigenvalue weighted by Crippen LogP contribution is 2.16. The number of nitriles is 1. The van der Waals surface area contributed by atoms with Crippen molar-refractivity contribution in [1.82, 2.24) is 4.68 Å². The molecule has 0 radical (unpaired) electrons. The molecule has 0 bridgehead atoms. The van der Waals surface area contributed by atoms with E-state index in [2.05, 4.69) is 10.0 Å². The number of pyridine rings is 1. The maximum atomic E-state index is 12.3. The predicted octanol–water partition coefficient (Wildman–Crippen LogP) is 2.06. The molecule has 0 aliphatic carbocycles. The van der Waals surface area contributed by atoms with E-state index in [4.69, 9.17) is 10.00 Å². The van der Waals surface area contributed by atoms with Crippen LogP contribution < -0.4 is 10.5 Å². The highest BCUT2D eigenvalue weighted by molar-refractivity contribution is 5.80. The molecule has 1 saturated heterocycles. The Balaban J connectivity index is 1.83. The Kier molecular flexibility index (Phi) is 4.96. The molecule has 1 aromatic carbocycles. The van der Waals surface area contributed by atoms with Crippen molar-refractivity contribution in [2.24, 2.45) is 5.10 Å². The summed E-state index contributed by atoms with van der Waals surface area (Å²) in [5.41, 5.74) is 3.15. The van der Waals surface area contributed by atoms with Gasteiger partial charge in [0.1, 0.15) is 11.6 Å². The smallest absolute Gasteiger partial charge is 0.289 e. The first kappa shape index (κ1) is 16.9. The number of benzene rings is 1. The molecule has 128 valence electrons. The molecule has 25 heavy (non-hydrogen) atoms. The van der Waals surface area contributed by atoms with Crippen molar-refractivity contribution in [2.45, 2.75) is 13.8 Å². The Morgan fingerprint density at radius 1 is 1.20 bits per heavy atom. The molecule has 0 unspecified atom stereocenters. The Labute approximate surface area is 146 Å². The topological polar surface area (TPSA) is 70.6 Å². The summed E-state index contributed by atoms with van der Waals surface area (Å²) in [5, 5.41) is 13.4. The molecule has 0 atom stereocenters. The Morgan fingerprint density at radius 3 is 2.52 bits per heavy atom. The Hall–Kier alpha value is -2.91. The monoisotopic (exact) mass is 336 g/mol. The van der Waals surface area contributed by atoms with E-state index >= 15 is 0 Å². The van der Waals surface area contributed by atoms with Gasteiger partial charge in [0.15, 0.2) is 0 Å². The van der Waals surface area contributed by atoms with E-state index in [1.165, 1.54) is 4.68 Å². The van der Waals surface area contributed by atoms with Gasteiger partial charge in [0.05, 0.1) is 19.4 Å². The first-order chi connectivity index (χ1) is 12.1. The quantitative estimate of drug-likeness (QED) is 0.805. The van der Waals surface area contributed by atoms with Crippen LogP contribution in [0.5, 0.6) is 0 Å². The molecule has 0 saturated carbocycles. The van der Waals surface area contributed by atoms with Crippen LogP contribution in [-0.4, -0.2) is 37.2 Å². The lowest BCUT2D eigenvalue weighted by Crippen LogP contribution is -2.36. The first-order valence-electron chi connectivity index (χ1n) is 8.20. The van der Waals surface area contributed by atoms with E-state index < -0.39 is 0 Å². The number of ether oxygens (including phenoxy) is 1. The molecule has 6 heteroatoms. The second-order valence-corrected chi connectivity index (χ2v) is 6.01. The summed E-state index contributed by atoms with van der Waals surface area (Å²) < 4.78 is 6.63. The van der Waals surface area contributed by atoms with Crippen LogP contribution in [0.1, 0.15) is 22.4 Å². The van der Waals surface area contributed by atoms with Crippen molar-refractivity contribution in [2.75, 3.05) is 31.2 Å². The van der Waals surface area contributed by atoms with Gasteiger partial charge in [-0.3, -0.25) is 4.79 Å². The van der Waals surface area contributed by atoms with Crippen molar-refractivity contribution in [3.63, 3.8) is 0 Å². The van der Waals surface area contributed by atoms with E-state index in [1.807, 2.05) is 30.3 Å². The average Bonchev–Trinajstić information content (AvgIpc) is 2.63. The average molecular weight is 336 g/mol. The molecule has 1 fully saturated rings. The molecule has 6 nitrogen and oxygen atoms in total. The van der Waals surface area contributed by atoms with Crippen LogP contribution in [0.25, 0.3) is 0 Å². The maximum Gasteiger partial charge on any atom is 0.289 e. The van der Waals surface area contributed by atoms with Gasteiger partial charge in [0.2, 0.25) is 0 Å². The number of rotatable bonds is 3. The van der Waals surface area contributed by atoms with Crippen LogP contribution in [0.3, 0.4) is 0 Å². The number of aryl methyl sites for hydroxylation is 2. The number of aromatic nitrogens is 1. The van der Waals surface area contributed by atoms with Gasteiger partial charge >= 0.3 is 0 Å². The van der Waals surface area contributed by atoms with Crippen molar-refractivity contribution < 1.29 is 4.74 Å². The minimum atomic E-state index is -0.388. The van der Waals surface area contributed by atoms with Gasteiger partial charge in [-0.2, -0.15) is 10.4 Å². The molecule has 0 spiro atoms. The van der Waals surface area contributed by atoms with Crippen LogP contribution in [0, 0.1) is 25.2 Å². The number of morpholine rings is 1. The van der Waals surface area contributed by atoms with E-state index in [-0.39, 0.29) is 11.1 Å². The molecule has 2 heterocycles. The highest BCUT2D eigenvalue weighted by Gasteiger charge is 2.11. The second-order valence-electron chi connectivity index (χ2n) is 6.01. The molecule has 0 amide bonds. The van der Waals surface area contributed by atoms with Gasteiger partial charge in [-0.1, -0.05) is 12.1 Å². The lowest BCUT2D eigenvalue weighted by Gasteiger charge is -2.28. The molecule has 3 rings (SSSR count). The first-order valence-corrected chi connectivity index (χ1v) is 8.20. The molecule has 1 aliphatic rings. The van der Waals surface area contributed by atoms with Crippen LogP contribution in [0.4, 0.5) is 5.69 Å². The van der Waals surface area contributed by atoms with E-state index in [9.17, 15) is 4.79 Å². The van der Waals surface area contributed by atoms with Gasteiger partial charge in [0, 0.05) is 24.5 Å². The molecule has 2 aromatic rings. The summed E-state index contributed by atoms with van der Waals surface area (Å²) in [4.78, 5) is 14.6. The van der Waals surface area contributed by atoms with Crippen molar-refractivity contribution in [1.29, 1.82) is 5.26 Å². The van der Waals surface area contributed by atoms with E-state index in [1.54, 1.807) is 26.1 Å². The van der Waals surface area contributed by atoms with Gasteiger partial charge in [-0.15, -0.1) is 0 Å². The standard InChI is InChI=1S/C19H20N4O2/c1-14-11-15(2)23(19(24)18(14)12-20)21-13-16-3-5-17(6-4-16)22-7-9-25-10-8-22/h3-6,11,13H,7-10H2,1-2H3. The number of hydrogen-bond acceptors (Lipinski definition) is 5. The molecular formula is C19H20N4O2. The summed E-state index contributed by atoms with van der Waals surface area (Å²) in [7, 11) is 0. The third kappa shape index (κ3) is 3.62. The molecular weight excluding hydrogens is 316 g/mol. The third-order valence-corrected chi connectivity index (χ3v) is 4.26. The number of nitrogens with zero attached hydrogens (tertiary/aromatic N) is 4. The van der Waals surface area contributed by atoms with E-state index in [0.29, 0.717) is 11.3 Å². The van der Waals surface area contributed by atoms with Gasteiger partial charge in [-0.25, -0.2) is 4.68 Å². The highest BCUT2D eigenvalue weighted by atomic mass is 16.5. The SMILES string of the molecule is Cc1cc(C)n(N=Cc2ccc(N3CCOCC3)cc2)c(=O)c1C#N. The van der Waals surface area contributed by atoms with Crippen LogP contribution in [-0.2, 0) is 4.74 Å². The molecule has 1 aromatic heterocycles. The van der Waals surface area contributed by atoms with Gasteiger partial charge < -0.3 is 9.64 Å². The zero-order valence-electron chi connectivity index (χ0n) is 14.4. The Morgan fingerprint density at radius 2 is 1.88 bits per heavy atom. The third-order valence-electron chi connectivity index (χ3n) is 4.26. The fraction of sp³-hybridized carbons (Fsp3) is 0.316. The second kappa shape index (κ2) is 7.32. The normalized spacial score (nSPS) is 14.7. The zero-order chi connectivity index (χ0) is 17.8. The number of hydrogen-bond donors (Lipinski definition) is 0. The number of anilines is 1. The maximum absolute atomic E-state index is 12.3. The van der Waals surface area contributed by atoms with Crippen molar-refractivity contribution in [3.8, 4) is 6.07 Å². The lowest BCUT2D eigenvalue weighted by molar-refractivity contribution is 0.122. The Bertz CT molecular complexity index is 885. The minimum Gasteiger partial charge on any atom is -0.378 e. The zero-order valence-corrected chi connectivity index (χ0v) is 14.4. The van der Waals surface area contributed by atoms with Crippen molar-refractivity contribution in [3.05, 3.63) is 63.1 Å². The largest absolute Gasteiger partial charge is 0.378 e. The molecule has 1 aliphatic heterocycles. The van der Waals surface area contributed by atoms with Gasteiger partial charge in [0.25, 0.3) is 5.56 Å². The summed E-state index contributed by atoms with van der Waals surface area (Å²) in [6.07, 6.45) is 1.63. The summed E-state index contributed by atoms with van der Waals surface area (Å²) in [6.45, 7) is 6.84. The summed E-state index contributed by atoms with van der Waals surface area (Å²) in [6, 6.07) is 11.8. The summed E-state index contributed by atoms with van der Waals surface area (Å²) in [5.74, 6) is 0. The minimum absolute atomic E-state index is 0.130. The fourth-order valence-corrected chi connectivity index (χ4v) is 2.88. The lowest BCUT2D eigenvalue weighted by atomic mass is 10.1. The van der Waals surface area contributed by atoms with E-state index in [0.717, 1.165) is 37.6 Å². The summed E-state index contributed by atoms with van der Waals surface area (Å²) >= 11 is 0. The van der Waals surface area contributed by atoms with Crippen LogP contribution in [0.2, 0.25) is 0 Å². The predicted molar refractivity (Wildman–Crippen MR) is 97.4 cm³/mol. The van der Waals surface area contributed by atoms with Crippen LogP contribution in [0.15, 0.2) is 40.2 Å². The van der Waals surface area contributed by atoms with Gasteiger partial charge in [-0.05, 0) is 43.2 Å². The fourth-order valence-electron chi connectivity index (χ4n) is 2.88. The molecule has 0 N–H and O–H groups in total. The van der Waals surface area contributed by atoms with Crippen LogP contribution >= 0.6 is 0 Å².